The first-order valence-corrected chi connectivity index (χ1v) is 11.1. The highest BCUT2D eigenvalue weighted by Gasteiger charge is 2.80. The summed E-state index contributed by atoms with van der Waals surface area (Å²) in [6.07, 6.45) is 8.39. The first kappa shape index (κ1) is 20.0. The van der Waals surface area contributed by atoms with Crippen LogP contribution in [0.3, 0.4) is 0 Å². The molecule has 7 heteroatoms. The molecule has 7 nitrogen and oxygen atoms in total. The number of fused-ring (bicyclic) bond motifs is 4. The van der Waals surface area contributed by atoms with E-state index in [1.807, 2.05) is 19.1 Å². The lowest BCUT2D eigenvalue weighted by Gasteiger charge is -2.50. The summed E-state index contributed by atoms with van der Waals surface area (Å²) in [7, 11) is 0. The molecule has 4 heterocycles. The number of carbonyl (C=O) groups excluding carboxylic acids is 3. The maximum absolute atomic E-state index is 13.4. The zero-order valence-electron chi connectivity index (χ0n) is 18.5. The molecule has 1 saturated carbocycles. The van der Waals surface area contributed by atoms with Crippen LogP contribution in [-0.4, -0.2) is 35.0 Å². The maximum Gasteiger partial charge on any atom is 0.331 e. The molecule has 2 aliphatic carbocycles. The summed E-state index contributed by atoms with van der Waals surface area (Å²) in [6.45, 7) is 7.70. The maximum atomic E-state index is 13.4. The van der Waals surface area contributed by atoms with E-state index in [1.165, 1.54) is 6.08 Å². The van der Waals surface area contributed by atoms with Gasteiger partial charge < -0.3 is 18.6 Å². The molecule has 0 unspecified atom stereocenters. The Hall–Kier alpha value is -2.67. The fraction of sp³-hybridized carbons (Fsp3) is 0.560. The van der Waals surface area contributed by atoms with Crippen LogP contribution in [0.5, 0.6) is 0 Å². The van der Waals surface area contributed by atoms with Gasteiger partial charge in [0.05, 0.1) is 18.4 Å². The minimum absolute atomic E-state index is 0.169. The van der Waals surface area contributed by atoms with E-state index in [0.717, 1.165) is 24.0 Å². The third-order valence-electron chi connectivity index (χ3n) is 8.80. The second-order valence-electron chi connectivity index (χ2n) is 10.7. The molecule has 1 spiro atoms. The third-order valence-corrected chi connectivity index (χ3v) is 8.80. The van der Waals surface area contributed by atoms with Gasteiger partial charge in [0.25, 0.3) is 0 Å². The number of furan rings is 1. The van der Waals surface area contributed by atoms with Crippen molar-refractivity contribution in [2.24, 2.45) is 22.7 Å². The van der Waals surface area contributed by atoms with Crippen LogP contribution >= 0.6 is 0 Å². The highest BCUT2D eigenvalue weighted by atomic mass is 16.7. The van der Waals surface area contributed by atoms with Gasteiger partial charge in [0, 0.05) is 22.5 Å². The molecule has 168 valence electrons. The van der Waals surface area contributed by atoms with Crippen molar-refractivity contribution in [3.63, 3.8) is 0 Å². The number of hydrogen-bond acceptors (Lipinski definition) is 7. The highest BCUT2D eigenvalue weighted by Crippen LogP contribution is 2.70. The lowest BCUT2D eigenvalue weighted by Crippen LogP contribution is -2.57. The van der Waals surface area contributed by atoms with E-state index in [2.05, 4.69) is 6.92 Å². The molecule has 6 rings (SSSR count). The minimum atomic E-state index is -1.01. The van der Waals surface area contributed by atoms with Crippen molar-refractivity contribution in [3.05, 3.63) is 48.0 Å². The molecule has 5 aliphatic rings. The van der Waals surface area contributed by atoms with Crippen molar-refractivity contribution in [2.75, 3.05) is 0 Å². The van der Waals surface area contributed by atoms with Crippen LogP contribution in [0.25, 0.3) is 0 Å². The number of epoxide rings is 1. The fourth-order valence-corrected chi connectivity index (χ4v) is 7.32. The van der Waals surface area contributed by atoms with Crippen LogP contribution in [0, 0.1) is 22.7 Å². The zero-order valence-corrected chi connectivity index (χ0v) is 18.5. The Balaban J connectivity index is 1.51. The second kappa shape index (κ2) is 5.81. The van der Waals surface area contributed by atoms with Gasteiger partial charge in [-0.15, -0.1) is 0 Å². The molecule has 32 heavy (non-hydrogen) atoms. The van der Waals surface area contributed by atoms with E-state index in [1.54, 1.807) is 32.4 Å². The lowest BCUT2D eigenvalue weighted by molar-refractivity contribution is -0.162. The smallest absolute Gasteiger partial charge is 0.331 e. The summed E-state index contributed by atoms with van der Waals surface area (Å²) < 4.78 is 23.0. The van der Waals surface area contributed by atoms with Gasteiger partial charge >= 0.3 is 11.9 Å². The van der Waals surface area contributed by atoms with Crippen molar-refractivity contribution in [1.82, 2.24) is 0 Å². The molecule has 0 amide bonds. The topological polar surface area (TPSA) is 95.3 Å². The predicted molar refractivity (Wildman–Crippen MR) is 110 cm³/mol. The zero-order chi connectivity index (χ0) is 22.7. The van der Waals surface area contributed by atoms with Crippen LogP contribution in [0.15, 0.2) is 46.8 Å². The Bertz CT molecular complexity index is 1110. The Morgan fingerprint density at radius 3 is 2.56 bits per heavy atom. The van der Waals surface area contributed by atoms with Gasteiger partial charge in [-0.2, -0.15) is 0 Å². The summed E-state index contributed by atoms with van der Waals surface area (Å²) in [5, 5.41) is 0. The first-order chi connectivity index (χ1) is 15.1. The number of rotatable bonds is 1. The van der Waals surface area contributed by atoms with Gasteiger partial charge in [-0.3, -0.25) is 9.59 Å². The second-order valence-corrected chi connectivity index (χ2v) is 10.7. The molecule has 3 fully saturated rings. The van der Waals surface area contributed by atoms with Crippen LogP contribution in [0.2, 0.25) is 0 Å². The Kier molecular flexibility index (Phi) is 3.63. The van der Waals surface area contributed by atoms with E-state index in [4.69, 9.17) is 18.6 Å². The van der Waals surface area contributed by atoms with Crippen molar-refractivity contribution in [1.29, 1.82) is 0 Å². The number of hydrogen-bond donors (Lipinski definition) is 0. The molecular formula is C25H26O7. The van der Waals surface area contributed by atoms with E-state index >= 15 is 0 Å². The number of cyclic esters (lactones) is 2. The van der Waals surface area contributed by atoms with Gasteiger partial charge in [0.15, 0.2) is 17.5 Å². The summed E-state index contributed by atoms with van der Waals surface area (Å²) >= 11 is 0. The Labute approximate surface area is 185 Å². The van der Waals surface area contributed by atoms with Gasteiger partial charge in [0.2, 0.25) is 0 Å². The molecule has 1 aromatic heterocycles. The number of carbonyl (C=O) groups is 3. The summed E-state index contributed by atoms with van der Waals surface area (Å²) in [5.41, 5.74) is -1.59. The monoisotopic (exact) mass is 438 g/mol. The van der Waals surface area contributed by atoms with Gasteiger partial charge in [0.1, 0.15) is 11.7 Å². The van der Waals surface area contributed by atoms with Crippen LogP contribution in [0.4, 0.5) is 0 Å². The summed E-state index contributed by atoms with van der Waals surface area (Å²) in [5.74, 6) is -1.67. The number of ketones is 1. The first-order valence-electron chi connectivity index (χ1n) is 11.1. The highest BCUT2D eigenvalue weighted by molar-refractivity contribution is 6.00. The molecule has 0 radical (unpaired) electrons. The van der Waals surface area contributed by atoms with Gasteiger partial charge in [-0.25, -0.2) is 4.79 Å². The quantitative estimate of drug-likeness (QED) is 0.489. The molecule has 2 saturated heterocycles. The summed E-state index contributed by atoms with van der Waals surface area (Å²) in [6, 6.07) is 1.82. The van der Waals surface area contributed by atoms with Crippen molar-refractivity contribution >= 4 is 17.7 Å². The third kappa shape index (κ3) is 2.13. The standard InChI is InChI=1S/C25H26O7/c1-22(2)25-20(32-25)16(26)11-14-15(24(25,4)9-6-17(27)31-22)5-8-23(3)18(14)21(28)30-19(23)13-7-10-29-12-13/h6-7,9-12,15,18-20H,5,8H2,1-4H3/t15-,18-,19+,20-,23-,24-,25-/m1/s1. The van der Waals surface area contributed by atoms with Crippen molar-refractivity contribution in [2.45, 2.75) is 63.9 Å². The van der Waals surface area contributed by atoms with E-state index in [9.17, 15) is 14.4 Å². The average molecular weight is 438 g/mol. The predicted octanol–water partition coefficient (Wildman–Crippen LogP) is 3.45. The lowest BCUT2D eigenvalue weighted by atomic mass is 9.51. The number of esters is 2. The Morgan fingerprint density at radius 1 is 1.06 bits per heavy atom. The molecule has 3 aliphatic heterocycles. The SMILES string of the molecule is CC1(C)OC(=O)C=C[C@]2(C)[C@@H]3CC[C@]4(C)[C@@H](C(=O)O[C@H]4c4ccoc4)C3=CC(=O)[C@H]3O[C@]312. The fourth-order valence-electron chi connectivity index (χ4n) is 7.32. The molecule has 7 atom stereocenters. The van der Waals surface area contributed by atoms with E-state index in [-0.39, 0.29) is 17.7 Å². The molecule has 0 N–H and O–H groups in total. The van der Waals surface area contributed by atoms with E-state index < -0.39 is 46.1 Å². The van der Waals surface area contributed by atoms with Gasteiger partial charge in [-0.05, 0) is 50.3 Å². The number of ether oxygens (including phenoxy) is 3. The average Bonchev–Trinajstić information content (AvgIpc) is 3.23. The van der Waals surface area contributed by atoms with Crippen LogP contribution in [-0.2, 0) is 28.6 Å². The molecule has 1 aromatic rings. The van der Waals surface area contributed by atoms with Crippen LogP contribution in [0.1, 0.15) is 52.2 Å². The molecular weight excluding hydrogens is 412 g/mol. The summed E-state index contributed by atoms with van der Waals surface area (Å²) in [4.78, 5) is 39.0. The largest absolute Gasteiger partial charge is 0.472 e. The van der Waals surface area contributed by atoms with Crippen LogP contribution < -0.4 is 0 Å². The van der Waals surface area contributed by atoms with E-state index in [0.29, 0.717) is 0 Å². The normalized spacial score (nSPS) is 45.9. The van der Waals surface area contributed by atoms with Crippen molar-refractivity contribution in [3.8, 4) is 0 Å². The Morgan fingerprint density at radius 2 is 1.84 bits per heavy atom. The molecule has 0 aromatic carbocycles. The van der Waals surface area contributed by atoms with Crippen molar-refractivity contribution < 1.29 is 33.0 Å². The van der Waals surface area contributed by atoms with Gasteiger partial charge in [-0.1, -0.05) is 19.9 Å². The molecule has 0 bridgehead atoms. The minimum Gasteiger partial charge on any atom is -0.472 e.